The van der Waals surface area contributed by atoms with Gasteiger partial charge in [0.05, 0.1) is 118 Å². The highest BCUT2D eigenvalue weighted by Crippen LogP contribution is 2.55. The summed E-state index contributed by atoms with van der Waals surface area (Å²) < 4.78 is 77.1. The van der Waals surface area contributed by atoms with Crippen molar-refractivity contribution < 1.29 is 115 Å². The van der Waals surface area contributed by atoms with E-state index in [0.29, 0.717) is 48.3 Å². The van der Waals surface area contributed by atoms with Gasteiger partial charge < -0.3 is 83.2 Å². The van der Waals surface area contributed by atoms with E-state index in [1.165, 1.54) is 13.8 Å². The molecule has 0 radical (unpaired) electrons. The SMILES string of the molecule is C=C1C[C@@H]2CC[C@@]34CC5O[C@H]6[C@@H](O3)[C@H]3OC(CC[C@@H]3O[C@H]6C5O4)CC(=O)C[C@@H]3[C@@H](OC)[C@@H](C[C@H](O)CCC(=O)OCc4ccc(CC(=O)[C@H](CC(N)=O)NC(=O)[C@H](C)CC(=O)[C@H](C)NC(=O)CCOCCOCCC(=O)ON5C(=O)CCC5=O)cc4)O[C@H]3CC3O[C@@H](CCC1O2)C[C@@H](C)C3=C. The number of ether oxygens (including phenoxy) is 12. The third-order valence-corrected chi connectivity index (χ3v) is 21.6. The lowest BCUT2D eigenvalue weighted by Gasteiger charge is -2.47. The second-order valence-corrected chi connectivity index (χ2v) is 29.2. The molecule has 11 heterocycles. The minimum atomic E-state index is -1.31. The van der Waals surface area contributed by atoms with E-state index in [-0.39, 0.29) is 176 Å². The number of hydrogen-bond acceptors (Lipinski definition) is 24. The van der Waals surface area contributed by atoms with Crippen LogP contribution in [-0.2, 0) is 123 Å². The Morgan fingerprint density at radius 3 is 2.12 bits per heavy atom. The molecule has 0 aromatic heterocycles. The first-order valence-electron chi connectivity index (χ1n) is 36.1. The number of carbonyl (C=O) groups excluding carboxylic acids is 10. The quantitative estimate of drug-likeness (QED) is 0.0381. The van der Waals surface area contributed by atoms with Gasteiger partial charge in [-0.25, -0.2) is 4.79 Å². The number of methoxy groups -OCH3 is 1. The lowest BCUT2D eigenvalue weighted by Crippen LogP contribution is -2.61. The van der Waals surface area contributed by atoms with Crippen LogP contribution in [0.4, 0.5) is 0 Å². The molecule has 22 atom stereocenters. The number of carbonyl (C=O) groups is 10. The molecule has 12 rings (SSSR count). The Hall–Kier alpha value is -6.28. The van der Waals surface area contributed by atoms with Crippen LogP contribution in [0.1, 0.15) is 167 Å². The molecule has 556 valence electrons. The molecule has 12 bridgehead atoms. The lowest BCUT2D eigenvalue weighted by atomic mass is 9.81. The molecule has 11 aliphatic rings. The van der Waals surface area contributed by atoms with Crippen LogP contribution in [-0.4, -0.2) is 218 Å². The number of aliphatic hydroxyl groups is 1. The molecule has 1 aromatic carbocycles. The molecule has 11 fully saturated rings. The van der Waals surface area contributed by atoms with Gasteiger partial charge in [-0.3, -0.25) is 43.2 Å². The number of imide groups is 1. The highest BCUT2D eigenvalue weighted by Gasteiger charge is 2.69. The number of hydrogen-bond donors (Lipinski definition) is 4. The fraction of sp³-hybridized carbons (Fsp3) is 0.726. The molecule has 1 aromatic rings. The summed E-state index contributed by atoms with van der Waals surface area (Å²) in [5, 5.41) is 17.2. The number of nitrogens with zero attached hydrogens (tertiary/aromatic N) is 1. The molecule has 1 spiro atoms. The number of amides is 5. The van der Waals surface area contributed by atoms with Gasteiger partial charge in [0.1, 0.15) is 42.9 Å². The van der Waals surface area contributed by atoms with Gasteiger partial charge in [0.15, 0.2) is 17.4 Å². The van der Waals surface area contributed by atoms with Gasteiger partial charge in [-0.15, -0.1) is 5.06 Å². The molecule has 0 aliphatic carbocycles. The van der Waals surface area contributed by atoms with Gasteiger partial charge in [-0.05, 0) is 86.5 Å². The Morgan fingerprint density at radius 2 is 1.38 bits per heavy atom. The maximum absolute atomic E-state index is 14.5. The van der Waals surface area contributed by atoms with Crippen molar-refractivity contribution in [3.63, 3.8) is 0 Å². The summed E-state index contributed by atoms with van der Waals surface area (Å²) >= 11 is 0. The van der Waals surface area contributed by atoms with Crippen molar-refractivity contribution in [2.24, 2.45) is 23.5 Å². The minimum Gasteiger partial charge on any atom is -0.461 e. The zero-order valence-corrected chi connectivity index (χ0v) is 58.3. The molecule has 28 heteroatoms. The Kier molecular flexibility index (Phi) is 25.6. The van der Waals surface area contributed by atoms with Crippen LogP contribution in [0.2, 0.25) is 0 Å². The van der Waals surface area contributed by atoms with Crippen molar-refractivity contribution in [2.75, 3.05) is 33.5 Å². The van der Waals surface area contributed by atoms with E-state index in [9.17, 15) is 53.1 Å². The van der Waals surface area contributed by atoms with Crippen molar-refractivity contribution in [1.29, 1.82) is 0 Å². The highest BCUT2D eigenvalue weighted by molar-refractivity contribution is 6.01. The molecule has 5 N–H and O–H groups in total. The number of fused-ring (bicyclic) bond motifs is 6. The molecule has 28 nitrogen and oxygen atoms in total. The van der Waals surface area contributed by atoms with Gasteiger partial charge in [0.25, 0.3) is 11.8 Å². The number of aliphatic hydroxyl groups excluding tert-OH is 1. The van der Waals surface area contributed by atoms with E-state index < -0.39 is 126 Å². The number of esters is 1. The van der Waals surface area contributed by atoms with Crippen molar-refractivity contribution in [3.8, 4) is 0 Å². The summed E-state index contributed by atoms with van der Waals surface area (Å²) in [5.74, 6) is -7.61. The molecule has 11 aliphatic heterocycles. The van der Waals surface area contributed by atoms with Crippen LogP contribution < -0.4 is 16.4 Å². The number of rotatable bonds is 29. The van der Waals surface area contributed by atoms with Crippen molar-refractivity contribution >= 4 is 58.8 Å². The van der Waals surface area contributed by atoms with Crippen LogP contribution in [0.3, 0.4) is 0 Å². The zero-order chi connectivity index (χ0) is 71.8. The number of benzene rings is 1. The fourth-order valence-corrected chi connectivity index (χ4v) is 16.1. The molecule has 5 unspecified atom stereocenters. The molecule has 0 saturated carbocycles. The minimum absolute atomic E-state index is 0.00222. The van der Waals surface area contributed by atoms with E-state index >= 15 is 0 Å². The standard InChI is InChI=1S/C73H100N4O24/c1-38-27-47-12-14-54-39(2)28-49(93-54)19-22-73-36-59-68(99-73)69-70(98-59)71(100-73)67-55(97-69)15-13-48(95-67)31-46(79)32-50-57(35-56(94-47)41(38)4)96-58(66(50)89-6)33-45(78)11-18-64(86)92-37-44-9-7-43(8-10-44)30-53(81)51(34-60(74)82)76-72(88)40(3)29-52(80)42(5)75-61(83)20-23-90-25-26-91-24-21-65(87)101-77-62(84)16-17-63(77)85/h7-10,38,40,42,45,47-51,54-59,66-71,78H,2,4,11-37H2,1,3,5-6H3,(H2,74,82)(H,75,83)(H,76,88)/t38-,40-,42+,45-,47+,48?,49+,50+,51+,54?,55+,56?,57+,58-,59?,66-,67+,68?,69+,70-,71+,73+/m1/s1. The summed E-state index contributed by atoms with van der Waals surface area (Å²) in [6, 6.07) is 4.35. The Bertz CT molecular complexity index is 3200. The maximum atomic E-state index is 14.5. The third-order valence-electron chi connectivity index (χ3n) is 21.6. The fourth-order valence-electron chi connectivity index (χ4n) is 16.1. The average Bonchev–Trinajstić information content (AvgIpc) is 1.55. The normalized spacial score (nSPS) is 34.1. The van der Waals surface area contributed by atoms with Crippen molar-refractivity contribution in [1.82, 2.24) is 15.7 Å². The predicted molar refractivity (Wildman–Crippen MR) is 352 cm³/mol. The second kappa shape index (κ2) is 34.1. The summed E-state index contributed by atoms with van der Waals surface area (Å²) in [4.78, 5) is 132. The van der Waals surface area contributed by atoms with Crippen LogP contribution in [0.25, 0.3) is 0 Å². The van der Waals surface area contributed by atoms with Crippen molar-refractivity contribution in [3.05, 3.63) is 59.7 Å². The Balaban J connectivity index is 0.619. The number of primary amides is 1. The van der Waals surface area contributed by atoms with Crippen LogP contribution in [0.5, 0.6) is 0 Å². The first-order valence-corrected chi connectivity index (χ1v) is 36.1. The number of Topliss-reactive ketones (excluding diaryl/α,β-unsaturated/α-hetero) is 3. The van der Waals surface area contributed by atoms with Crippen LogP contribution in [0.15, 0.2) is 48.6 Å². The van der Waals surface area contributed by atoms with Gasteiger partial charge in [0, 0.05) is 96.0 Å². The number of hydroxylamine groups is 2. The molecular weight excluding hydrogens is 1320 g/mol. The van der Waals surface area contributed by atoms with E-state index in [1.807, 2.05) is 0 Å². The Labute approximate surface area is 587 Å². The summed E-state index contributed by atoms with van der Waals surface area (Å²) in [7, 11) is 1.59. The van der Waals surface area contributed by atoms with Gasteiger partial charge in [-0.1, -0.05) is 51.3 Å². The highest BCUT2D eigenvalue weighted by atomic mass is 16.8. The monoisotopic (exact) mass is 1420 g/mol. The molecular formula is C73H100N4O24. The predicted octanol–water partition coefficient (Wildman–Crippen LogP) is 4.00. The second-order valence-electron chi connectivity index (χ2n) is 29.2. The molecule has 11 saturated heterocycles. The largest absolute Gasteiger partial charge is 0.461 e. The van der Waals surface area contributed by atoms with Crippen LogP contribution in [0, 0.1) is 17.8 Å². The van der Waals surface area contributed by atoms with Gasteiger partial charge in [0.2, 0.25) is 17.7 Å². The molecule has 5 amide bonds. The third kappa shape index (κ3) is 19.2. The lowest BCUT2D eigenvalue weighted by molar-refractivity contribution is -0.292. The summed E-state index contributed by atoms with van der Waals surface area (Å²) in [6.07, 6.45) is 0.0581. The van der Waals surface area contributed by atoms with Gasteiger partial charge >= 0.3 is 11.9 Å². The van der Waals surface area contributed by atoms with Crippen LogP contribution >= 0.6 is 0 Å². The Morgan fingerprint density at radius 1 is 0.693 bits per heavy atom. The molecule has 101 heavy (non-hydrogen) atoms. The summed E-state index contributed by atoms with van der Waals surface area (Å²) in [6.45, 7) is 14.0. The smallest absolute Gasteiger partial charge is 0.335 e. The number of nitrogens with one attached hydrogen (secondary N) is 2. The van der Waals surface area contributed by atoms with E-state index in [0.717, 1.165) is 43.3 Å². The van der Waals surface area contributed by atoms with E-state index in [1.54, 1.807) is 31.4 Å². The van der Waals surface area contributed by atoms with Gasteiger partial charge in [-0.2, -0.15) is 0 Å². The van der Waals surface area contributed by atoms with Crippen molar-refractivity contribution in [2.45, 2.75) is 284 Å². The van der Waals surface area contributed by atoms with E-state index in [4.69, 9.17) is 67.4 Å². The zero-order valence-electron chi connectivity index (χ0n) is 58.3. The number of ketones is 3. The first kappa shape index (κ1) is 75.9. The maximum Gasteiger partial charge on any atom is 0.335 e. The first-order chi connectivity index (χ1) is 48.4. The number of nitrogens with two attached hydrogens (primary N) is 1. The topological polar surface area (TPSA) is 364 Å². The summed E-state index contributed by atoms with van der Waals surface area (Å²) in [5.41, 5.74) is 8.65. The average molecular weight is 1420 g/mol. The van der Waals surface area contributed by atoms with E-state index in [2.05, 4.69) is 30.7 Å².